The van der Waals surface area contributed by atoms with Crippen LogP contribution in [0, 0.1) is 0 Å². The normalized spacial score (nSPS) is 10.4. The molecular weight excluding hydrogens is 214 g/mol. The second-order valence-electron chi connectivity index (χ2n) is 3.97. The van der Waals surface area contributed by atoms with Crippen molar-refractivity contribution in [2.45, 2.75) is 12.8 Å². The summed E-state index contributed by atoms with van der Waals surface area (Å²) in [4.78, 5) is 21.7. The highest BCUT2D eigenvalue weighted by atomic mass is 16.2. The minimum absolute atomic E-state index is 0.174. The Hall–Kier alpha value is -2.16. The molecule has 86 valence electrons. The number of amides is 1. The van der Waals surface area contributed by atoms with Crippen LogP contribution in [0.5, 0.6) is 0 Å². The highest BCUT2D eigenvalue weighted by Gasteiger charge is 2.08. The summed E-state index contributed by atoms with van der Waals surface area (Å²) < 4.78 is 0. The van der Waals surface area contributed by atoms with E-state index in [-0.39, 0.29) is 6.42 Å². The van der Waals surface area contributed by atoms with Gasteiger partial charge in [-0.3, -0.25) is 9.59 Å². The molecule has 0 radical (unpaired) electrons. The molecule has 0 aromatic heterocycles. The number of nitrogens with two attached hydrogens (primary N) is 1. The van der Waals surface area contributed by atoms with Crippen LogP contribution in [-0.2, 0) is 16.0 Å². The number of hydrogen-bond acceptors (Lipinski definition) is 2. The Morgan fingerprint density at radius 1 is 1.00 bits per heavy atom. The summed E-state index contributed by atoms with van der Waals surface area (Å²) in [7, 11) is 0. The van der Waals surface area contributed by atoms with Crippen molar-refractivity contribution in [2.75, 3.05) is 0 Å². The Labute approximate surface area is 99.2 Å². The summed E-state index contributed by atoms with van der Waals surface area (Å²) >= 11 is 0. The number of rotatable bonds is 4. The van der Waals surface area contributed by atoms with Crippen LogP contribution >= 0.6 is 0 Å². The second kappa shape index (κ2) is 4.78. The molecule has 0 bridgehead atoms. The Kier molecular flexibility index (Phi) is 3.19. The van der Waals surface area contributed by atoms with Gasteiger partial charge in [-0.15, -0.1) is 0 Å². The zero-order valence-corrected chi connectivity index (χ0v) is 9.35. The molecule has 0 fully saturated rings. The predicted octanol–water partition coefficient (Wildman–Crippen LogP) is 1.83. The molecule has 0 atom stereocenters. The van der Waals surface area contributed by atoms with Gasteiger partial charge in [0.1, 0.15) is 0 Å². The fourth-order valence-corrected chi connectivity index (χ4v) is 1.78. The van der Waals surface area contributed by atoms with Crippen molar-refractivity contribution in [1.82, 2.24) is 0 Å². The Balaban J connectivity index is 2.14. The van der Waals surface area contributed by atoms with Crippen LogP contribution in [0.25, 0.3) is 10.8 Å². The van der Waals surface area contributed by atoms with Gasteiger partial charge in [-0.25, -0.2) is 0 Å². The van der Waals surface area contributed by atoms with E-state index < -0.39 is 11.7 Å². The van der Waals surface area contributed by atoms with Crippen LogP contribution in [0.4, 0.5) is 0 Å². The van der Waals surface area contributed by atoms with Gasteiger partial charge < -0.3 is 5.73 Å². The first-order chi connectivity index (χ1) is 8.16. The van der Waals surface area contributed by atoms with Crippen molar-refractivity contribution < 1.29 is 9.59 Å². The molecular formula is C14H13NO2. The predicted molar refractivity (Wildman–Crippen MR) is 66.5 cm³/mol. The topological polar surface area (TPSA) is 60.2 Å². The maximum Gasteiger partial charge on any atom is 0.284 e. The van der Waals surface area contributed by atoms with Crippen LogP contribution in [0.1, 0.15) is 12.0 Å². The fraction of sp³-hybridized carbons (Fsp3) is 0.143. The van der Waals surface area contributed by atoms with Gasteiger partial charge in [0.2, 0.25) is 5.78 Å². The van der Waals surface area contributed by atoms with E-state index in [1.54, 1.807) is 0 Å². The van der Waals surface area contributed by atoms with Crippen LogP contribution < -0.4 is 5.73 Å². The Morgan fingerprint density at radius 3 is 2.41 bits per heavy atom. The van der Waals surface area contributed by atoms with Gasteiger partial charge in [-0.1, -0.05) is 42.5 Å². The molecule has 2 aromatic carbocycles. The minimum atomic E-state index is -0.856. The third kappa shape index (κ3) is 2.69. The molecule has 0 spiro atoms. The summed E-state index contributed by atoms with van der Waals surface area (Å²) in [5.41, 5.74) is 5.94. The van der Waals surface area contributed by atoms with Gasteiger partial charge in [0.05, 0.1) is 0 Å². The monoisotopic (exact) mass is 227 g/mol. The molecule has 0 aliphatic heterocycles. The van der Waals surface area contributed by atoms with Gasteiger partial charge >= 0.3 is 0 Å². The van der Waals surface area contributed by atoms with E-state index in [0.717, 1.165) is 16.3 Å². The number of Topliss-reactive ketones (excluding diaryl/α,β-unsaturated/α-hetero) is 1. The first-order valence-corrected chi connectivity index (χ1v) is 5.47. The summed E-state index contributed by atoms with van der Waals surface area (Å²) in [6.45, 7) is 0. The smallest absolute Gasteiger partial charge is 0.284 e. The minimum Gasteiger partial charge on any atom is -0.363 e. The van der Waals surface area contributed by atoms with Crippen molar-refractivity contribution in [2.24, 2.45) is 5.73 Å². The molecule has 0 unspecified atom stereocenters. The van der Waals surface area contributed by atoms with Crippen LogP contribution in [-0.4, -0.2) is 11.7 Å². The number of primary amides is 1. The number of aryl methyl sites for hydroxylation is 1. The number of ketones is 1. The van der Waals surface area contributed by atoms with Crippen molar-refractivity contribution in [3.05, 3.63) is 48.0 Å². The fourth-order valence-electron chi connectivity index (χ4n) is 1.78. The lowest BCUT2D eigenvalue weighted by molar-refractivity contribution is -0.135. The maximum atomic E-state index is 11.1. The average molecular weight is 227 g/mol. The second-order valence-corrected chi connectivity index (χ2v) is 3.97. The molecule has 0 saturated heterocycles. The van der Waals surface area contributed by atoms with E-state index in [1.807, 2.05) is 42.5 Å². The molecule has 0 saturated carbocycles. The van der Waals surface area contributed by atoms with Crippen LogP contribution in [0.2, 0.25) is 0 Å². The summed E-state index contributed by atoms with van der Waals surface area (Å²) in [5.74, 6) is -1.37. The lowest BCUT2D eigenvalue weighted by atomic mass is 10.0. The van der Waals surface area contributed by atoms with Crippen LogP contribution in [0.15, 0.2) is 42.5 Å². The largest absolute Gasteiger partial charge is 0.363 e. The van der Waals surface area contributed by atoms with Gasteiger partial charge in [0.25, 0.3) is 5.91 Å². The van der Waals surface area contributed by atoms with Crippen molar-refractivity contribution >= 4 is 22.5 Å². The van der Waals surface area contributed by atoms with Gasteiger partial charge in [0.15, 0.2) is 0 Å². The van der Waals surface area contributed by atoms with Gasteiger partial charge in [-0.2, -0.15) is 0 Å². The van der Waals surface area contributed by atoms with Crippen molar-refractivity contribution in [3.8, 4) is 0 Å². The first-order valence-electron chi connectivity index (χ1n) is 5.47. The van der Waals surface area contributed by atoms with E-state index in [0.29, 0.717) is 6.42 Å². The number of carbonyl (C=O) groups is 2. The molecule has 0 aliphatic carbocycles. The Morgan fingerprint density at radius 2 is 1.71 bits per heavy atom. The van der Waals surface area contributed by atoms with Gasteiger partial charge in [0, 0.05) is 6.42 Å². The third-order valence-electron chi connectivity index (χ3n) is 2.73. The van der Waals surface area contributed by atoms with E-state index in [2.05, 4.69) is 0 Å². The zero-order chi connectivity index (χ0) is 12.3. The summed E-state index contributed by atoms with van der Waals surface area (Å²) in [5, 5.41) is 2.30. The number of fused-ring (bicyclic) bond motifs is 1. The maximum absolute atomic E-state index is 11.1. The van der Waals surface area contributed by atoms with E-state index in [1.165, 1.54) is 0 Å². The molecule has 3 nitrogen and oxygen atoms in total. The van der Waals surface area contributed by atoms with E-state index >= 15 is 0 Å². The summed E-state index contributed by atoms with van der Waals surface area (Å²) in [6, 6.07) is 14.0. The molecule has 2 aromatic rings. The zero-order valence-electron chi connectivity index (χ0n) is 9.35. The molecule has 1 amide bonds. The van der Waals surface area contributed by atoms with Gasteiger partial charge in [-0.05, 0) is 22.8 Å². The number of hydrogen-bond donors (Lipinski definition) is 1. The molecule has 2 rings (SSSR count). The number of carbonyl (C=O) groups excluding carboxylic acids is 2. The standard InChI is InChI=1S/C14H13NO2/c15-14(17)13(16)8-6-10-5-7-11-3-1-2-4-12(11)9-10/h1-5,7,9H,6,8H2,(H2,15,17). The summed E-state index contributed by atoms with van der Waals surface area (Å²) in [6.07, 6.45) is 0.723. The van der Waals surface area contributed by atoms with E-state index in [4.69, 9.17) is 5.73 Å². The first kappa shape index (κ1) is 11.3. The average Bonchev–Trinajstić information content (AvgIpc) is 2.35. The van der Waals surface area contributed by atoms with Crippen molar-refractivity contribution in [3.63, 3.8) is 0 Å². The molecule has 0 heterocycles. The third-order valence-corrected chi connectivity index (χ3v) is 2.73. The SMILES string of the molecule is NC(=O)C(=O)CCc1ccc2ccccc2c1. The molecule has 3 heteroatoms. The van der Waals surface area contributed by atoms with Crippen LogP contribution in [0.3, 0.4) is 0 Å². The molecule has 2 N–H and O–H groups in total. The quantitative estimate of drug-likeness (QED) is 0.810. The molecule has 0 aliphatic rings. The van der Waals surface area contributed by atoms with Crippen molar-refractivity contribution in [1.29, 1.82) is 0 Å². The lowest BCUT2D eigenvalue weighted by Crippen LogP contribution is -2.23. The molecule has 17 heavy (non-hydrogen) atoms. The Bertz CT molecular complexity index is 575. The highest BCUT2D eigenvalue weighted by Crippen LogP contribution is 2.16. The highest BCUT2D eigenvalue weighted by molar-refractivity contribution is 6.35. The van der Waals surface area contributed by atoms with E-state index in [9.17, 15) is 9.59 Å². The lowest BCUT2D eigenvalue weighted by Gasteiger charge is -2.02. The number of benzene rings is 2.